The van der Waals surface area contributed by atoms with Gasteiger partial charge in [-0.25, -0.2) is 18.1 Å². The molecular weight excluding hydrogens is 426 g/mol. The molecule has 2 aromatic heterocycles. The quantitative estimate of drug-likeness (QED) is 0.649. The number of benzene rings is 1. The number of piperidine rings is 1. The number of carbonyl (C=O) groups is 1. The second-order valence-corrected chi connectivity index (χ2v) is 9.20. The Hall–Kier alpha value is -2.75. The molecular formula is C20H20ClN5O3S. The third-order valence-corrected chi connectivity index (χ3v) is 7.26. The number of sulfonamides is 1. The highest BCUT2D eigenvalue weighted by atomic mass is 35.5. The van der Waals surface area contributed by atoms with Crippen LogP contribution in [0.25, 0.3) is 5.82 Å². The van der Waals surface area contributed by atoms with Gasteiger partial charge in [-0.15, -0.1) is 0 Å². The Kier molecular flexibility index (Phi) is 5.85. The number of aromatic nitrogens is 3. The fourth-order valence-corrected chi connectivity index (χ4v) is 5.37. The normalized spacial score (nSPS) is 15.1. The zero-order chi connectivity index (χ0) is 21.1. The third kappa shape index (κ3) is 4.09. The van der Waals surface area contributed by atoms with Crippen LogP contribution in [0, 0.1) is 0 Å². The molecule has 8 nitrogen and oxygen atoms in total. The largest absolute Gasteiger partial charge is 0.319 e. The molecule has 30 heavy (non-hydrogen) atoms. The van der Waals surface area contributed by atoms with Crippen LogP contribution in [0.2, 0.25) is 5.02 Å². The number of hydrogen-bond donors (Lipinski definition) is 1. The minimum Gasteiger partial charge on any atom is -0.319 e. The van der Waals surface area contributed by atoms with Crippen molar-refractivity contribution in [2.45, 2.75) is 24.2 Å². The number of rotatable bonds is 5. The molecule has 156 valence electrons. The number of hydrogen-bond acceptors (Lipinski definition) is 5. The van der Waals surface area contributed by atoms with Gasteiger partial charge in [0, 0.05) is 37.2 Å². The Morgan fingerprint density at radius 1 is 1.07 bits per heavy atom. The van der Waals surface area contributed by atoms with E-state index in [-0.39, 0.29) is 15.5 Å². The van der Waals surface area contributed by atoms with Crippen molar-refractivity contribution >= 4 is 33.2 Å². The highest BCUT2D eigenvalue weighted by molar-refractivity contribution is 7.89. The minimum absolute atomic E-state index is 0.0581. The summed E-state index contributed by atoms with van der Waals surface area (Å²) in [4.78, 5) is 17.1. The van der Waals surface area contributed by atoms with Gasteiger partial charge in [0.25, 0.3) is 5.91 Å². The van der Waals surface area contributed by atoms with Gasteiger partial charge in [0.15, 0.2) is 5.82 Å². The van der Waals surface area contributed by atoms with Crippen LogP contribution in [0.15, 0.2) is 59.9 Å². The Bertz CT molecular complexity index is 1160. The lowest BCUT2D eigenvalue weighted by atomic mass is 10.2. The smallest absolute Gasteiger partial charge is 0.255 e. The first-order valence-corrected chi connectivity index (χ1v) is 11.3. The van der Waals surface area contributed by atoms with Gasteiger partial charge in [0.05, 0.1) is 10.7 Å². The van der Waals surface area contributed by atoms with Gasteiger partial charge in [0.2, 0.25) is 10.0 Å². The molecule has 0 bridgehead atoms. The summed E-state index contributed by atoms with van der Waals surface area (Å²) < 4.78 is 29.0. The molecule has 1 fully saturated rings. The van der Waals surface area contributed by atoms with Gasteiger partial charge in [-0.3, -0.25) is 4.79 Å². The zero-order valence-corrected chi connectivity index (χ0v) is 17.6. The summed E-state index contributed by atoms with van der Waals surface area (Å²) in [5, 5.41) is 7.01. The van der Waals surface area contributed by atoms with E-state index in [9.17, 15) is 13.2 Å². The number of nitrogens with zero attached hydrogens (tertiary/aromatic N) is 4. The highest BCUT2D eigenvalue weighted by Crippen LogP contribution is 2.28. The average molecular weight is 446 g/mol. The van der Waals surface area contributed by atoms with E-state index in [4.69, 9.17) is 11.6 Å². The first-order chi connectivity index (χ1) is 14.5. The van der Waals surface area contributed by atoms with Gasteiger partial charge in [-0.2, -0.15) is 9.40 Å². The van der Waals surface area contributed by atoms with Crippen LogP contribution >= 0.6 is 11.6 Å². The van der Waals surface area contributed by atoms with Crippen molar-refractivity contribution in [1.29, 1.82) is 0 Å². The molecule has 10 heteroatoms. The zero-order valence-electron chi connectivity index (χ0n) is 16.0. The summed E-state index contributed by atoms with van der Waals surface area (Å²) in [7, 11) is -3.77. The molecule has 1 amide bonds. The van der Waals surface area contributed by atoms with Crippen LogP contribution in [0.3, 0.4) is 0 Å². The Labute approximate surface area is 179 Å². The molecule has 0 atom stereocenters. The van der Waals surface area contributed by atoms with E-state index in [1.165, 1.54) is 27.2 Å². The molecule has 1 saturated heterocycles. The maximum atomic E-state index is 13.0. The molecule has 0 radical (unpaired) electrons. The molecule has 1 N–H and O–H groups in total. The van der Waals surface area contributed by atoms with E-state index < -0.39 is 15.9 Å². The average Bonchev–Trinajstić information content (AvgIpc) is 3.29. The Morgan fingerprint density at radius 2 is 1.87 bits per heavy atom. The summed E-state index contributed by atoms with van der Waals surface area (Å²) in [5.74, 6) is -0.0193. The molecule has 1 aliphatic rings. The standard InChI is InChI=1S/C20H20ClN5O3S/c21-16-8-7-15(14-18(16)30(28,29)25-11-2-1-3-12-25)20(27)24-17-6-4-9-22-19(17)26-13-5-10-23-26/h4-10,13-14H,1-3,11-12H2,(H,24,27). The summed E-state index contributed by atoms with van der Waals surface area (Å²) in [6, 6.07) is 9.39. The van der Waals surface area contributed by atoms with Gasteiger partial charge in [-0.1, -0.05) is 18.0 Å². The monoisotopic (exact) mass is 445 g/mol. The van der Waals surface area contributed by atoms with Crippen molar-refractivity contribution in [3.05, 3.63) is 65.6 Å². The SMILES string of the molecule is O=C(Nc1cccnc1-n1cccn1)c1ccc(Cl)c(S(=O)(=O)N2CCCCC2)c1. The predicted molar refractivity (Wildman–Crippen MR) is 113 cm³/mol. The molecule has 3 aromatic rings. The summed E-state index contributed by atoms with van der Waals surface area (Å²) in [5.41, 5.74) is 0.631. The fraction of sp³-hybridized carbons (Fsp3) is 0.250. The van der Waals surface area contributed by atoms with E-state index in [2.05, 4.69) is 15.4 Å². The van der Waals surface area contributed by atoms with Crippen LogP contribution in [-0.4, -0.2) is 46.5 Å². The van der Waals surface area contributed by atoms with Crippen molar-refractivity contribution in [1.82, 2.24) is 19.1 Å². The van der Waals surface area contributed by atoms with Gasteiger partial charge in [-0.05, 0) is 49.2 Å². The topological polar surface area (TPSA) is 97.2 Å². The lowest BCUT2D eigenvalue weighted by Gasteiger charge is -2.26. The molecule has 1 aliphatic heterocycles. The van der Waals surface area contributed by atoms with E-state index in [1.54, 1.807) is 36.8 Å². The van der Waals surface area contributed by atoms with Gasteiger partial charge in [0.1, 0.15) is 4.90 Å². The van der Waals surface area contributed by atoms with Gasteiger partial charge < -0.3 is 5.32 Å². The number of nitrogens with one attached hydrogen (secondary N) is 1. The number of amides is 1. The van der Waals surface area contributed by atoms with Crippen molar-refractivity contribution in [2.24, 2.45) is 0 Å². The first kappa shape index (κ1) is 20.5. The van der Waals surface area contributed by atoms with Crippen LogP contribution < -0.4 is 5.32 Å². The summed E-state index contributed by atoms with van der Waals surface area (Å²) >= 11 is 6.20. The highest BCUT2D eigenvalue weighted by Gasteiger charge is 2.29. The summed E-state index contributed by atoms with van der Waals surface area (Å²) in [6.07, 6.45) is 7.55. The summed E-state index contributed by atoms with van der Waals surface area (Å²) in [6.45, 7) is 0.913. The molecule has 0 unspecified atom stereocenters. The Balaban J connectivity index is 1.63. The second kappa shape index (κ2) is 8.55. The molecule has 0 aliphatic carbocycles. The minimum atomic E-state index is -3.77. The van der Waals surface area contributed by atoms with E-state index in [0.717, 1.165) is 19.3 Å². The molecule has 1 aromatic carbocycles. The van der Waals surface area contributed by atoms with E-state index >= 15 is 0 Å². The predicted octanol–water partition coefficient (Wildman–Crippen LogP) is 3.35. The molecule has 0 spiro atoms. The fourth-order valence-electron chi connectivity index (χ4n) is 3.35. The van der Waals surface area contributed by atoms with Crippen molar-refractivity contribution < 1.29 is 13.2 Å². The number of pyridine rings is 1. The lowest BCUT2D eigenvalue weighted by Crippen LogP contribution is -2.35. The lowest BCUT2D eigenvalue weighted by molar-refractivity contribution is 0.102. The van der Waals surface area contributed by atoms with Crippen molar-refractivity contribution in [3.8, 4) is 5.82 Å². The number of carbonyl (C=O) groups excluding carboxylic acids is 1. The third-order valence-electron chi connectivity index (χ3n) is 4.88. The Morgan fingerprint density at radius 3 is 2.60 bits per heavy atom. The van der Waals surface area contributed by atoms with E-state index in [1.807, 2.05) is 0 Å². The first-order valence-electron chi connectivity index (χ1n) is 9.53. The van der Waals surface area contributed by atoms with Crippen LogP contribution in [-0.2, 0) is 10.0 Å². The van der Waals surface area contributed by atoms with Crippen molar-refractivity contribution in [3.63, 3.8) is 0 Å². The maximum Gasteiger partial charge on any atom is 0.255 e. The number of halogens is 1. The second-order valence-electron chi connectivity index (χ2n) is 6.89. The van der Waals surface area contributed by atoms with Crippen molar-refractivity contribution in [2.75, 3.05) is 18.4 Å². The van der Waals surface area contributed by atoms with Gasteiger partial charge >= 0.3 is 0 Å². The molecule has 3 heterocycles. The van der Waals surface area contributed by atoms with Crippen LogP contribution in [0.4, 0.5) is 5.69 Å². The van der Waals surface area contributed by atoms with E-state index in [0.29, 0.717) is 24.6 Å². The molecule has 0 saturated carbocycles. The number of anilines is 1. The molecule has 4 rings (SSSR count). The van der Waals surface area contributed by atoms with Crippen LogP contribution in [0.1, 0.15) is 29.6 Å². The maximum absolute atomic E-state index is 13.0. The van der Waals surface area contributed by atoms with Crippen LogP contribution in [0.5, 0.6) is 0 Å².